The smallest absolute Gasteiger partial charge is 0.410 e. The van der Waals surface area contributed by atoms with Crippen LogP contribution in [0.1, 0.15) is 47.0 Å². The first-order valence-electron chi connectivity index (χ1n) is 10.9. The molecule has 0 unspecified atom stereocenters. The largest absolute Gasteiger partial charge is 0.444 e. The molecule has 0 aliphatic carbocycles. The third-order valence-electron chi connectivity index (χ3n) is 4.85. The van der Waals surface area contributed by atoms with E-state index in [1.54, 1.807) is 11.9 Å². The van der Waals surface area contributed by atoms with Crippen LogP contribution in [-0.2, 0) is 4.74 Å². The molecule has 0 saturated carbocycles. The minimum atomic E-state index is -0.488. The fourth-order valence-corrected chi connectivity index (χ4v) is 3.38. The van der Waals surface area contributed by atoms with Crippen molar-refractivity contribution in [2.24, 2.45) is 4.99 Å². The minimum Gasteiger partial charge on any atom is -0.444 e. The van der Waals surface area contributed by atoms with Gasteiger partial charge in [-0.1, -0.05) is 13.0 Å². The maximum Gasteiger partial charge on any atom is 0.410 e. The number of hydrogen-bond acceptors (Lipinski definition) is 5. The minimum absolute atomic E-state index is 0. The Hall–Kier alpha value is -1.78. The number of guanidine groups is 1. The van der Waals surface area contributed by atoms with Crippen molar-refractivity contribution >= 4 is 41.8 Å². The maximum absolute atomic E-state index is 12.4. The first kappa shape index (κ1) is 27.3. The van der Waals surface area contributed by atoms with Gasteiger partial charge in [-0.15, -0.1) is 24.0 Å². The molecule has 1 fully saturated rings. The van der Waals surface area contributed by atoms with Crippen LogP contribution in [0.15, 0.2) is 29.4 Å². The van der Waals surface area contributed by atoms with E-state index in [1.807, 2.05) is 39.1 Å². The van der Waals surface area contributed by atoms with E-state index in [9.17, 15) is 4.79 Å². The molecule has 1 aliphatic rings. The number of nitrogens with one attached hydrogen (secondary N) is 2. The number of anilines is 1. The van der Waals surface area contributed by atoms with E-state index in [-0.39, 0.29) is 30.1 Å². The van der Waals surface area contributed by atoms with E-state index in [0.717, 1.165) is 44.1 Å². The van der Waals surface area contributed by atoms with Crippen molar-refractivity contribution in [3.05, 3.63) is 24.4 Å². The molecule has 2 heterocycles. The number of carbonyl (C=O) groups excluding carboxylic acids is 1. The lowest BCUT2D eigenvalue weighted by Crippen LogP contribution is -2.50. The molecular formula is C22H39IN6O2. The molecule has 2 rings (SSSR count). The van der Waals surface area contributed by atoms with Gasteiger partial charge in [0.1, 0.15) is 11.4 Å². The van der Waals surface area contributed by atoms with Crippen LogP contribution < -0.4 is 15.5 Å². The number of rotatable bonds is 7. The fourth-order valence-electron chi connectivity index (χ4n) is 3.38. The van der Waals surface area contributed by atoms with E-state index >= 15 is 0 Å². The van der Waals surface area contributed by atoms with Crippen molar-refractivity contribution in [3.8, 4) is 0 Å². The van der Waals surface area contributed by atoms with E-state index in [2.05, 4.69) is 38.5 Å². The van der Waals surface area contributed by atoms with Gasteiger partial charge >= 0.3 is 6.09 Å². The molecule has 8 nitrogen and oxygen atoms in total. The van der Waals surface area contributed by atoms with Gasteiger partial charge < -0.3 is 25.2 Å². The summed E-state index contributed by atoms with van der Waals surface area (Å²) in [6.07, 6.45) is 4.51. The van der Waals surface area contributed by atoms with Crippen LogP contribution in [0.2, 0.25) is 0 Å². The van der Waals surface area contributed by atoms with Crippen LogP contribution >= 0.6 is 24.0 Å². The zero-order valence-corrected chi connectivity index (χ0v) is 21.9. The molecule has 0 bridgehead atoms. The monoisotopic (exact) mass is 546 g/mol. The number of aliphatic imine (C=N–C) groups is 1. The molecule has 0 aromatic carbocycles. The summed E-state index contributed by atoms with van der Waals surface area (Å²) in [5.41, 5.74) is -0.488. The van der Waals surface area contributed by atoms with Crippen LogP contribution in [0.5, 0.6) is 0 Å². The highest BCUT2D eigenvalue weighted by Crippen LogP contribution is 2.17. The highest BCUT2D eigenvalue weighted by Gasteiger charge is 2.22. The summed E-state index contributed by atoms with van der Waals surface area (Å²) in [5.74, 6) is 1.81. The summed E-state index contributed by atoms with van der Waals surface area (Å²) >= 11 is 0. The van der Waals surface area contributed by atoms with E-state index < -0.39 is 5.60 Å². The molecule has 176 valence electrons. The van der Waals surface area contributed by atoms with E-state index in [0.29, 0.717) is 25.7 Å². The Bertz CT molecular complexity index is 672. The van der Waals surface area contributed by atoms with E-state index in [4.69, 9.17) is 4.74 Å². The zero-order valence-electron chi connectivity index (χ0n) is 19.6. The quantitative estimate of drug-likeness (QED) is 0.310. The Morgan fingerprint density at radius 1 is 1.29 bits per heavy atom. The average molecular weight is 546 g/mol. The average Bonchev–Trinajstić information content (AvgIpc) is 2.72. The number of aromatic nitrogens is 1. The Morgan fingerprint density at radius 3 is 2.55 bits per heavy atom. The van der Waals surface area contributed by atoms with Gasteiger partial charge in [-0.3, -0.25) is 4.99 Å². The van der Waals surface area contributed by atoms with Crippen molar-refractivity contribution in [1.82, 2.24) is 20.5 Å². The van der Waals surface area contributed by atoms with Crippen LogP contribution in [-0.4, -0.2) is 73.4 Å². The number of ether oxygens (including phenoxy) is 1. The number of amides is 1. The Balaban J connectivity index is 0.00000480. The lowest BCUT2D eigenvalue weighted by molar-refractivity contribution is 0.0253. The van der Waals surface area contributed by atoms with E-state index in [1.165, 1.54) is 0 Å². The third kappa shape index (κ3) is 9.92. The number of carbonyl (C=O) groups is 1. The second-order valence-electron chi connectivity index (χ2n) is 8.56. The first-order chi connectivity index (χ1) is 14.3. The molecule has 1 saturated heterocycles. The van der Waals surface area contributed by atoms with Crippen LogP contribution in [0.25, 0.3) is 0 Å². The zero-order chi connectivity index (χ0) is 22.0. The van der Waals surface area contributed by atoms with Crippen LogP contribution in [0.4, 0.5) is 10.6 Å². The molecule has 0 spiro atoms. The molecule has 0 atom stereocenters. The summed E-state index contributed by atoms with van der Waals surface area (Å²) in [6.45, 7) is 11.5. The standard InChI is InChI=1S/C22H38N6O2.HI/c1-6-14-28(21(29)30-22(2,3)4)17-13-25-20(23-5)26-18-10-15-27(16-11-18)19-9-7-8-12-24-19;/h7-9,12,18H,6,10-11,13-17H2,1-5H3,(H2,23,25,26);1H. The number of nitrogens with zero attached hydrogens (tertiary/aromatic N) is 4. The van der Waals surface area contributed by atoms with Crippen LogP contribution in [0.3, 0.4) is 0 Å². The fraction of sp³-hybridized carbons (Fsp3) is 0.682. The maximum atomic E-state index is 12.4. The van der Waals surface area contributed by atoms with Crippen LogP contribution in [0, 0.1) is 0 Å². The molecule has 9 heteroatoms. The van der Waals surface area contributed by atoms with Crippen molar-refractivity contribution in [2.75, 3.05) is 44.7 Å². The normalized spacial score (nSPS) is 15.1. The molecule has 2 N–H and O–H groups in total. The lowest BCUT2D eigenvalue weighted by atomic mass is 10.1. The molecule has 1 aromatic heterocycles. The SMILES string of the molecule is CCCN(CCNC(=NC)NC1CCN(c2ccccn2)CC1)C(=O)OC(C)(C)C.I. The summed E-state index contributed by atoms with van der Waals surface area (Å²) in [6, 6.07) is 6.39. The van der Waals surface area contributed by atoms with Gasteiger partial charge in [-0.25, -0.2) is 9.78 Å². The molecule has 1 amide bonds. The van der Waals surface area contributed by atoms with Gasteiger partial charge in [0, 0.05) is 52.0 Å². The summed E-state index contributed by atoms with van der Waals surface area (Å²) < 4.78 is 5.51. The predicted molar refractivity (Wildman–Crippen MR) is 137 cm³/mol. The second-order valence-corrected chi connectivity index (χ2v) is 8.56. The van der Waals surface area contributed by atoms with Gasteiger partial charge in [0.05, 0.1) is 0 Å². The highest BCUT2D eigenvalue weighted by molar-refractivity contribution is 14.0. The third-order valence-corrected chi connectivity index (χ3v) is 4.85. The summed E-state index contributed by atoms with van der Waals surface area (Å²) in [7, 11) is 1.77. The molecule has 1 aliphatic heterocycles. The van der Waals surface area contributed by atoms with Crippen molar-refractivity contribution in [3.63, 3.8) is 0 Å². The second kappa shape index (κ2) is 13.6. The lowest BCUT2D eigenvalue weighted by Gasteiger charge is -2.34. The van der Waals surface area contributed by atoms with Gasteiger partial charge in [0.25, 0.3) is 0 Å². The molecule has 0 radical (unpaired) electrons. The topological polar surface area (TPSA) is 82.1 Å². The summed E-state index contributed by atoms with van der Waals surface area (Å²) in [5, 5.41) is 6.84. The Morgan fingerprint density at radius 2 is 2.00 bits per heavy atom. The molecular weight excluding hydrogens is 507 g/mol. The number of hydrogen-bond donors (Lipinski definition) is 2. The van der Waals surface area contributed by atoms with Crippen molar-refractivity contribution in [1.29, 1.82) is 0 Å². The predicted octanol–water partition coefficient (Wildman–Crippen LogP) is 3.48. The number of pyridine rings is 1. The highest BCUT2D eigenvalue weighted by atomic mass is 127. The van der Waals surface area contributed by atoms with Gasteiger partial charge in [0.2, 0.25) is 0 Å². The Labute approximate surface area is 204 Å². The Kier molecular flexibility index (Phi) is 12.0. The number of piperidine rings is 1. The van der Waals surface area contributed by atoms with Gasteiger partial charge in [-0.2, -0.15) is 0 Å². The summed E-state index contributed by atoms with van der Waals surface area (Å²) in [4.78, 5) is 25.2. The van der Waals surface area contributed by atoms with Crippen molar-refractivity contribution < 1.29 is 9.53 Å². The first-order valence-corrected chi connectivity index (χ1v) is 10.9. The molecule has 31 heavy (non-hydrogen) atoms. The number of halogens is 1. The molecule has 1 aromatic rings. The van der Waals surface area contributed by atoms with Crippen molar-refractivity contribution in [2.45, 2.75) is 58.6 Å². The van der Waals surface area contributed by atoms with Gasteiger partial charge in [-0.05, 0) is 52.2 Å². The van der Waals surface area contributed by atoms with Gasteiger partial charge in [0.15, 0.2) is 5.96 Å².